The van der Waals surface area contributed by atoms with Crippen molar-refractivity contribution >= 4 is 23.2 Å². The lowest BCUT2D eigenvalue weighted by molar-refractivity contribution is -0.126. The third-order valence-corrected chi connectivity index (χ3v) is 5.62. The Labute approximate surface area is 158 Å². The molecular formula is C20H25N3O2S. The molecule has 1 aliphatic heterocycles. The van der Waals surface area contributed by atoms with Crippen molar-refractivity contribution in [3.63, 3.8) is 0 Å². The van der Waals surface area contributed by atoms with Gasteiger partial charge in [-0.15, -0.1) is 11.3 Å². The Balaban J connectivity index is 1.54. The molecule has 5 nitrogen and oxygen atoms in total. The molecule has 6 heteroatoms. The van der Waals surface area contributed by atoms with Crippen molar-refractivity contribution in [3.8, 4) is 10.6 Å². The van der Waals surface area contributed by atoms with E-state index in [1.807, 2.05) is 40.6 Å². The average molecular weight is 372 g/mol. The van der Waals surface area contributed by atoms with Crippen LogP contribution in [0.15, 0.2) is 35.7 Å². The second-order valence-corrected chi connectivity index (χ2v) is 7.47. The van der Waals surface area contributed by atoms with E-state index in [9.17, 15) is 9.59 Å². The molecule has 0 unspecified atom stereocenters. The van der Waals surface area contributed by atoms with Crippen molar-refractivity contribution in [1.29, 1.82) is 0 Å². The van der Waals surface area contributed by atoms with Crippen LogP contribution in [0.2, 0.25) is 0 Å². The van der Waals surface area contributed by atoms with Crippen LogP contribution in [0.5, 0.6) is 0 Å². The Morgan fingerprint density at radius 3 is 2.65 bits per heavy atom. The summed E-state index contributed by atoms with van der Waals surface area (Å²) in [6.45, 7) is 4.08. The van der Waals surface area contributed by atoms with Crippen molar-refractivity contribution in [3.05, 3.63) is 41.4 Å². The van der Waals surface area contributed by atoms with Gasteiger partial charge in [0.1, 0.15) is 10.7 Å². The molecule has 2 aromatic rings. The van der Waals surface area contributed by atoms with Crippen LogP contribution in [0.25, 0.3) is 10.6 Å². The van der Waals surface area contributed by atoms with Gasteiger partial charge in [0.15, 0.2) is 0 Å². The number of hydrogen-bond donors (Lipinski definition) is 1. The van der Waals surface area contributed by atoms with E-state index in [4.69, 9.17) is 0 Å². The Hall–Kier alpha value is -2.21. The zero-order valence-electron chi connectivity index (χ0n) is 15.1. The maximum absolute atomic E-state index is 12.7. The fraction of sp³-hybridized carbons (Fsp3) is 0.450. The highest BCUT2D eigenvalue weighted by molar-refractivity contribution is 7.13. The molecule has 1 aliphatic rings. The molecule has 0 saturated carbocycles. The van der Waals surface area contributed by atoms with Gasteiger partial charge in [0, 0.05) is 36.5 Å². The minimum atomic E-state index is -0.0340. The average Bonchev–Trinajstić information content (AvgIpc) is 3.18. The first-order valence-electron chi connectivity index (χ1n) is 9.27. The molecule has 1 saturated heterocycles. The van der Waals surface area contributed by atoms with E-state index < -0.39 is 0 Å². The summed E-state index contributed by atoms with van der Waals surface area (Å²) in [6.07, 6.45) is 3.53. The van der Waals surface area contributed by atoms with Gasteiger partial charge in [0.05, 0.1) is 0 Å². The van der Waals surface area contributed by atoms with Crippen LogP contribution in [0.4, 0.5) is 0 Å². The Morgan fingerprint density at radius 1 is 1.23 bits per heavy atom. The highest BCUT2D eigenvalue weighted by atomic mass is 32.1. The van der Waals surface area contributed by atoms with E-state index in [-0.39, 0.29) is 17.7 Å². The predicted octanol–water partition coefficient (Wildman–Crippen LogP) is 3.58. The van der Waals surface area contributed by atoms with E-state index in [2.05, 4.69) is 17.2 Å². The summed E-state index contributed by atoms with van der Waals surface area (Å²) in [5, 5.41) is 5.69. The molecule has 1 aromatic carbocycles. The van der Waals surface area contributed by atoms with Crippen molar-refractivity contribution < 1.29 is 9.59 Å². The van der Waals surface area contributed by atoms with Gasteiger partial charge in [0.2, 0.25) is 5.91 Å². The third-order valence-electron chi connectivity index (χ3n) is 4.73. The molecule has 0 atom stereocenters. The van der Waals surface area contributed by atoms with Crippen molar-refractivity contribution in [1.82, 2.24) is 15.2 Å². The number of carbonyl (C=O) groups is 2. The minimum Gasteiger partial charge on any atom is -0.356 e. The fourth-order valence-electron chi connectivity index (χ4n) is 3.12. The van der Waals surface area contributed by atoms with Crippen molar-refractivity contribution in [2.24, 2.45) is 5.92 Å². The van der Waals surface area contributed by atoms with Crippen LogP contribution >= 0.6 is 11.3 Å². The molecule has 138 valence electrons. The number of aromatic nitrogens is 1. The summed E-state index contributed by atoms with van der Waals surface area (Å²) < 4.78 is 0. The molecular weight excluding hydrogens is 346 g/mol. The summed E-state index contributed by atoms with van der Waals surface area (Å²) in [5.41, 5.74) is 1.53. The largest absolute Gasteiger partial charge is 0.356 e. The molecule has 3 rings (SSSR count). The molecule has 1 aromatic heterocycles. The van der Waals surface area contributed by atoms with Gasteiger partial charge in [0.25, 0.3) is 5.91 Å². The molecule has 26 heavy (non-hydrogen) atoms. The van der Waals surface area contributed by atoms with E-state index in [0.29, 0.717) is 18.8 Å². The first kappa shape index (κ1) is 18.6. The van der Waals surface area contributed by atoms with E-state index in [0.717, 1.165) is 42.8 Å². The lowest BCUT2D eigenvalue weighted by Gasteiger charge is -2.30. The number of benzene rings is 1. The van der Waals surface area contributed by atoms with Gasteiger partial charge in [-0.25, -0.2) is 4.98 Å². The maximum atomic E-state index is 12.7. The lowest BCUT2D eigenvalue weighted by atomic mass is 9.95. The topological polar surface area (TPSA) is 62.3 Å². The van der Waals surface area contributed by atoms with Crippen LogP contribution in [0.3, 0.4) is 0 Å². The lowest BCUT2D eigenvalue weighted by Crippen LogP contribution is -2.43. The summed E-state index contributed by atoms with van der Waals surface area (Å²) >= 11 is 1.49. The zero-order valence-corrected chi connectivity index (χ0v) is 15.9. The second-order valence-electron chi connectivity index (χ2n) is 6.61. The van der Waals surface area contributed by atoms with E-state index in [1.54, 1.807) is 0 Å². The number of unbranched alkanes of at least 4 members (excludes halogenated alkanes) is 1. The summed E-state index contributed by atoms with van der Waals surface area (Å²) in [5.74, 6) is 0.116. The fourth-order valence-corrected chi connectivity index (χ4v) is 3.92. The second kappa shape index (κ2) is 8.94. The molecule has 0 spiro atoms. The number of rotatable bonds is 6. The summed E-state index contributed by atoms with van der Waals surface area (Å²) in [4.78, 5) is 31.2. The number of carbonyl (C=O) groups excluding carboxylic acids is 2. The van der Waals surface area contributed by atoms with E-state index in [1.165, 1.54) is 11.3 Å². The number of hydrogen-bond acceptors (Lipinski definition) is 4. The molecule has 0 aliphatic carbocycles. The van der Waals surface area contributed by atoms with Crippen LogP contribution in [0, 0.1) is 5.92 Å². The summed E-state index contributed by atoms with van der Waals surface area (Å²) in [6, 6.07) is 9.89. The number of amides is 2. The van der Waals surface area contributed by atoms with Crippen LogP contribution in [-0.4, -0.2) is 41.3 Å². The van der Waals surface area contributed by atoms with Gasteiger partial charge in [-0.2, -0.15) is 0 Å². The normalized spacial score (nSPS) is 15.0. The summed E-state index contributed by atoms with van der Waals surface area (Å²) in [7, 11) is 0. The van der Waals surface area contributed by atoms with Gasteiger partial charge < -0.3 is 10.2 Å². The third kappa shape index (κ3) is 4.49. The quantitative estimate of drug-likeness (QED) is 0.790. The Kier molecular flexibility index (Phi) is 6.39. The molecule has 1 fully saturated rings. The van der Waals surface area contributed by atoms with E-state index >= 15 is 0 Å². The maximum Gasteiger partial charge on any atom is 0.273 e. The van der Waals surface area contributed by atoms with Crippen molar-refractivity contribution in [2.75, 3.05) is 19.6 Å². The predicted molar refractivity (Wildman–Crippen MR) is 104 cm³/mol. The van der Waals surface area contributed by atoms with Crippen LogP contribution < -0.4 is 5.32 Å². The molecule has 2 amide bonds. The number of nitrogens with one attached hydrogen (secondary N) is 1. The Bertz CT molecular complexity index is 737. The van der Waals surface area contributed by atoms with Gasteiger partial charge in [-0.1, -0.05) is 43.7 Å². The number of likely N-dealkylation sites (tertiary alicyclic amines) is 1. The van der Waals surface area contributed by atoms with Gasteiger partial charge >= 0.3 is 0 Å². The minimum absolute atomic E-state index is 0.0196. The monoisotopic (exact) mass is 371 g/mol. The van der Waals surface area contributed by atoms with Crippen LogP contribution in [-0.2, 0) is 4.79 Å². The standard InChI is InChI=1S/C20H25N3O2S/c1-2-3-11-21-18(24)15-9-12-23(13-10-15)20(25)17-14-26-19(22-17)16-7-5-4-6-8-16/h4-8,14-15H,2-3,9-13H2,1H3,(H,21,24). The highest BCUT2D eigenvalue weighted by Gasteiger charge is 2.28. The smallest absolute Gasteiger partial charge is 0.273 e. The van der Waals surface area contributed by atoms with Crippen molar-refractivity contribution in [2.45, 2.75) is 32.6 Å². The first-order valence-corrected chi connectivity index (χ1v) is 10.1. The molecule has 2 heterocycles. The number of piperidine rings is 1. The van der Waals surface area contributed by atoms with Gasteiger partial charge in [-0.05, 0) is 19.3 Å². The van der Waals surface area contributed by atoms with Crippen LogP contribution in [0.1, 0.15) is 43.1 Å². The Morgan fingerprint density at radius 2 is 1.96 bits per heavy atom. The molecule has 1 N–H and O–H groups in total. The number of nitrogens with zero attached hydrogens (tertiary/aromatic N) is 2. The molecule has 0 radical (unpaired) electrons. The van der Waals surface area contributed by atoms with Gasteiger partial charge in [-0.3, -0.25) is 9.59 Å². The number of thiazole rings is 1. The highest BCUT2D eigenvalue weighted by Crippen LogP contribution is 2.25. The molecule has 0 bridgehead atoms. The SMILES string of the molecule is CCCCNC(=O)C1CCN(C(=O)c2csc(-c3ccccc3)n2)CC1. The zero-order chi connectivity index (χ0) is 18.4. The first-order chi connectivity index (χ1) is 12.7.